The van der Waals surface area contributed by atoms with Crippen molar-refractivity contribution in [2.45, 2.75) is 4.90 Å². The summed E-state index contributed by atoms with van der Waals surface area (Å²) in [6.45, 7) is 0. The number of hydrogen-bond acceptors (Lipinski definition) is 5. The van der Waals surface area contributed by atoms with Gasteiger partial charge in [-0.25, -0.2) is 13.4 Å². The Morgan fingerprint density at radius 3 is 2.50 bits per heavy atom. The normalized spacial score (nSPS) is 11.5. The molecular formula is C19H14N2O4S. The molecule has 0 aliphatic rings. The topological polar surface area (TPSA) is 92.4 Å². The van der Waals surface area contributed by atoms with Gasteiger partial charge in [-0.2, -0.15) is 0 Å². The summed E-state index contributed by atoms with van der Waals surface area (Å²) in [6, 6.07) is 19.8. The predicted octanol–water partition coefficient (Wildman–Crippen LogP) is 4.00. The molecule has 0 fully saturated rings. The second-order valence-electron chi connectivity index (χ2n) is 5.67. The van der Waals surface area contributed by atoms with Gasteiger partial charge in [-0.15, -0.1) is 0 Å². The van der Waals surface area contributed by atoms with Crippen LogP contribution in [0, 0.1) is 0 Å². The van der Waals surface area contributed by atoms with Crippen LogP contribution in [0.15, 0.2) is 82.1 Å². The highest BCUT2D eigenvalue weighted by Gasteiger charge is 2.16. The zero-order valence-corrected chi connectivity index (χ0v) is 14.3. The zero-order chi connectivity index (χ0) is 18.1. The Kier molecular flexibility index (Phi) is 3.85. The van der Waals surface area contributed by atoms with Gasteiger partial charge in [-0.05, 0) is 42.5 Å². The van der Waals surface area contributed by atoms with Crippen molar-refractivity contribution in [2.75, 3.05) is 4.72 Å². The number of nitrogens with zero attached hydrogens (tertiary/aromatic N) is 1. The lowest BCUT2D eigenvalue weighted by molar-refractivity contribution is 0.473. The highest BCUT2D eigenvalue weighted by Crippen LogP contribution is 2.27. The maximum absolute atomic E-state index is 12.5. The summed E-state index contributed by atoms with van der Waals surface area (Å²) >= 11 is 0. The standard InChI is InChI=1S/C19H14N2O4S/c22-15-7-4-8-16(12-15)26(23,24)21-14-9-10-18-17(11-14)20-19(25-18)13-5-2-1-3-6-13/h1-12,21-22H. The summed E-state index contributed by atoms with van der Waals surface area (Å²) in [7, 11) is -3.82. The Hall–Kier alpha value is -3.32. The first-order chi connectivity index (χ1) is 12.5. The second-order valence-corrected chi connectivity index (χ2v) is 7.35. The Morgan fingerprint density at radius 2 is 1.73 bits per heavy atom. The lowest BCUT2D eigenvalue weighted by Crippen LogP contribution is -2.12. The first-order valence-electron chi connectivity index (χ1n) is 7.79. The molecule has 4 aromatic rings. The number of phenolic OH excluding ortho intramolecular Hbond substituents is 1. The monoisotopic (exact) mass is 366 g/mol. The number of fused-ring (bicyclic) bond motifs is 1. The number of nitrogens with one attached hydrogen (secondary N) is 1. The van der Waals surface area contributed by atoms with Crippen molar-refractivity contribution in [2.24, 2.45) is 0 Å². The minimum Gasteiger partial charge on any atom is -0.508 e. The number of sulfonamides is 1. The number of anilines is 1. The fourth-order valence-electron chi connectivity index (χ4n) is 2.56. The van der Waals surface area contributed by atoms with Crippen molar-refractivity contribution in [3.05, 3.63) is 72.8 Å². The van der Waals surface area contributed by atoms with E-state index in [4.69, 9.17) is 4.42 Å². The summed E-state index contributed by atoms with van der Waals surface area (Å²) in [5.41, 5.74) is 2.29. The van der Waals surface area contributed by atoms with E-state index in [1.807, 2.05) is 30.3 Å². The van der Waals surface area contributed by atoms with Gasteiger partial charge in [0.1, 0.15) is 11.3 Å². The molecule has 130 valence electrons. The van der Waals surface area contributed by atoms with E-state index in [2.05, 4.69) is 9.71 Å². The van der Waals surface area contributed by atoms with Gasteiger partial charge in [0.15, 0.2) is 5.58 Å². The quantitative estimate of drug-likeness (QED) is 0.569. The van der Waals surface area contributed by atoms with E-state index in [0.29, 0.717) is 22.7 Å². The van der Waals surface area contributed by atoms with Crippen LogP contribution in [0.2, 0.25) is 0 Å². The van der Waals surface area contributed by atoms with Gasteiger partial charge in [0.25, 0.3) is 10.0 Å². The van der Waals surface area contributed by atoms with Gasteiger partial charge in [0.2, 0.25) is 5.89 Å². The highest BCUT2D eigenvalue weighted by molar-refractivity contribution is 7.92. The molecule has 1 aromatic heterocycles. The maximum Gasteiger partial charge on any atom is 0.262 e. The highest BCUT2D eigenvalue weighted by atomic mass is 32.2. The lowest BCUT2D eigenvalue weighted by Gasteiger charge is -2.08. The molecule has 1 heterocycles. The molecule has 0 atom stereocenters. The molecule has 6 nitrogen and oxygen atoms in total. The van der Waals surface area contributed by atoms with Crippen LogP contribution in [0.25, 0.3) is 22.6 Å². The van der Waals surface area contributed by atoms with Gasteiger partial charge in [0, 0.05) is 11.6 Å². The first kappa shape index (κ1) is 16.2. The van der Waals surface area contributed by atoms with Crippen molar-refractivity contribution < 1.29 is 17.9 Å². The van der Waals surface area contributed by atoms with Gasteiger partial charge < -0.3 is 9.52 Å². The fraction of sp³-hybridized carbons (Fsp3) is 0. The van der Waals surface area contributed by atoms with E-state index < -0.39 is 10.0 Å². The molecule has 0 saturated carbocycles. The molecule has 26 heavy (non-hydrogen) atoms. The SMILES string of the molecule is O=S(=O)(Nc1ccc2oc(-c3ccccc3)nc2c1)c1cccc(O)c1. The average molecular weight is 366 g/mol. The maximum atomic E-state index is 12.5. The van der Waals surface area contributed by atoms with Crippen LogP contribution in [-0.4, -0.2) is 18.5 Å². The van der Waals surface area contributed by atoms with E-state index in [9.17, 15) is 13.5 Å². The molecule has 0 amide bonds. The third-order valence-electron chi connectivity index (χ3n) is 3.79. The minimum absolute atomic E-state index is 0.0253. The van der Waals surface area contributed by atoms with Gasteiger partial charge in [0.05, 0.1) is 10.6 Å². The molecule has 4 rings (SSSR count). The molecule has 0 spiro atoms. The Morgan fingerprint density at radius 1 is 0.923 bits per heavy atom. The summed E-state index contributed by atoms with van der Waals surface area (Å²) in [5, 5.41) is 9.48. The van der Waals surface area contributed by atoms with Crippen LogP contribution in [0.1, 0.15) is 0 Å². The van der Waals surface area contributed by atoms with Gasteiger partial charge >= 0.3 is 0 Å². The molecule has 0 radical (unpaired) electrons. The lowest BCUT2D eigenvalue weighted by atomic mass is 10.2. The van der Waals surface area contributed by atoms with Crippen molar-refractivity contribution >= 4 is 26.8 Å². The number of oxazole rings is 1. The molecule has 3 aromatic carbocycles. The number of hydrogen-bond donors (Lipinski definition) is 2. The Balaban J connectivity index is 1.67. The van der Waals surface area contributed by atoms with E-state index in [0.717, 1.165) is 5.56 Å². The van der Waals surface area contributed by atoms with E-state index in [1.54, 1.807) is 18.2 Å². The average Bonchev–Trinajstić information content (AvgIpc) is 3.05. The molecule has 0 aliphatic carbocycles. The number of benzene rings is 3. The van der Waals surface area contributed by atoms with E-state index in [-0.39, 0.29) is 10.6 Å². The van der Waals surface area contributed by atoms with Gasteiger partial charge in [-0.3, -0.25) is 4.72 Å². The molecule has 0 saturated heterocycles. The van der Waals surface area contributed by atoms with E-state index in [1.165, 1.54) is 24.3 Å². The smallest absolute Gasteiger partial charge is 0.262 e. The molecular weight excluding hydrogens is 352 g/mol. The molecule has 0 unspecified atom stereocenters. The minimum atomic E-state index is -3.82. The number of aromatic hydroxyl groups is 1. The Bertz CT molecular complexity index is 1180. The van der Waals surface area contributed by atoms with Crippen LogP contribution >= 0.6 is 0 Å². The molecule has 7 heteroatoms. The van der Waals surface area contributed by atoms with Crippen molar-refractivity contribution in [1.29, 1.82) is 0 Å². The van der Waals surface area contributed by atoms with Crippen LogP contribution in [0.3, 0.4) is 0 Å². The fourth-order valence-corrected chi connectivity index (χ4v) is 3.65. The van der Waals surface area contributed by atoms with Crippen LogP contribution < -0.4 is 4.72 Å². The van der Waals surface area contributed by atoms with Crippen molar-refractivity contribution in [1.82, 2.24) is 4.98 Å². The van der Waals surface area contributed by atoms with Crippen molar-refractivity contribution in [3.8, 4) is 17.2 Å². The summed E-state index contributed by atoms with van der Waals surface area (Å²) in [6.07, 6.45) is 0. The largest absolute Gasteiger partial charge is 0.508 e. The third-order valence-corrected chi connectivity index (χ3v) is 5.17. The number of phenols is 1. The number of aromatic nitrogens is 1. The van der Waals surface area contributed by atoms with Crippen LogP contribution in [-0.2, 0) is 10.0 Å². The summed E-state index contributed by atoms with van der Waals surface area (Å²) < 4.78 is 33.1. The molecule has 0 aliphatic heterocycles. The van der Waals surface area contributed by atoms with E-state index >= 15 is 0 Å². The predicted molar refractivity (Wildman–Crippen MR) is 98.4 cm³/mol. The zero-order valence-electron chi connectivity index (χ0n) is 13.5. The summed E-state index contributed by atoms with van der Waals surface area (Å²) in [5.74, 6) is 0.348. The summed E-state index contributed by atoms with van der Waals surface area (Å²) in [4.78, 5) is 4.39. The first-order valence-corrected chi connectivity index (χ1v) is 9.27. The molecule has 2 N–H and O–H groups in total. The second kappa shape index (κ2) is 6.20. The Labute approximate surface area is 149 Å². The van der Waals surface area contributed by atoms with Crippen molar-refractivity contribution in [3.63, 3.8) is 0 Å². The molecule has 0 bridgehead atoms. The van der Waals surface area contributed by atoms with Gasteiger partial charge in [-0.1, -0.05) is 24.3 Å². The van der Waals surface area contributed by atoms with Crippen LogP contribution in [0.5, 0.6) is 5.75 Å². The third kappa shape index (κ3) is 3.12. The number of rotatable bonds is 4. The van der Waals surface area contributed by atoms with Crippen LogP contribution in [0.4, 0.5) is 5.69 Å².